The van der Waals surface area contributed by atoms with Gasteiger partial charge in [-0.25, -0.2) is 0 Å². The fraction of sp³-hybridized carbons (Fsp3) is 0.222. The number of carboxylic acid groups (broad SMARTS) is 1. The predicted octanol–water partition coefficient (Wildman–Crippen LogP) is 1.64. The molecule has 0 atom stereocenters. The third kappa shape index (κ3) is 3.65. The summed E-state index contributed by atoms with van der Waals surface area (Å²) in [4.78, 5) is 23.9. The van der Waals surface area contributed by atoms with Gasteiger partial charge in [-0.2, -0.15) is 0 Å². The van der Waals surface area contributed by atoms with Crippen LogP contribution in [0.2, 0.25) is 0 Å². The molecule has 0 radical (unpaired) electrons. The molecule has 1 amide bonds. The van der Waals surface area contributed by atoms with Gasteiger partial charge in [0, 0.05) is 11.1 Å². The van der Waals surface area contributed by atoms with Gasteiger partial charge in [0.05, 0.1) is 33.0 Å². The van der Waals surface area contributed by atoms with Crippen LogP contribution in [0.5, 0.6) is 17.2 Å². The lowest BCUT2D eigenvalue weighted by Crippen LogP contribution is -2.25. The second-order valence-electron chi connectivity index (χ2n) is 5.15. The van der Waals surface area contributed by atoms with E-state index < -0.39 is 11.9 Å². The van der Waals surface area contributed by atoms with Crippen molar-refractivity contribution < 1.29 is 28.9 Å². The van der Waals surface area contributed by atoms with Crippen LogP contribution in [0.25, 0.3) is 0 Å². The molecule has 0 aromatic heterocycles. The Bertz CT molecular complexity index is 790. The number of benzene rings is 2. The molecular formula is C18H18NO6-. The summed E-state index contributed by atoms with van der Waals surface area (Å²) in [5, 5.41) is 13.9. The van der Waals surface area contributed by atoms with Crippen molar-refractivity contribution >= 4 is 17.6 Å². The van der Waals surface area contributed by atoms with Crippen LogP contribution in [0.15, 0.2) is 30.3 Å². The Labute approximate surface area is 145 Å². The Morgan fingerprint density at radius 2 is 1.60 bits per heavy atom. The zero-order valence-electron chi connectivity index (χ0n) is 14.3. The van der Waals surface area contributed by atoms with Crippen LogP contribution in [0, 0.1) is 6.92 Å². The van der Waals surface area contributed by atoms with Crippen LogP contribution < -0.4 is 24.6 Å². The van der Waals surface area contributed by atoms with Crippen LogP contribution in [-0.4, -0.2) is 33.2 Å². The van der Waals surface area contributed by atoms with Crippen molar-refractivity contribution in [2.24, 2.45) is 0 Å². The predicted molar refractivity (Wildman–Crippen MR) is 89.6 cm³/mol. The number of nitrogens with one attached hydrogen (secondary N) is 1. The van der Waals surface area contributed by atoms with Crippen molar-refractivity contribution in [3.63, 3.8) is 0 Å². The van der Waals surface area contributed by atoms with Gasteiger partial charge in [-0.3, -0.25) is 4.79 Å². The molecule has 0 heterocycles. The molecule has 0 spiro atoms. The van der Waals surface area contributed by atoms with Gasteiger partial charge in [0.2, 0.25) is 5.75 Å². The molecule has 0 unspecified atom stereocenters. The number of hydrogen-bond donors (Lipinski definition) is 1. The smallest absolute Gasteiger partial charge is 0.255 e. The standard InChI is InChI=1S/C18H19NO6/c1-10-6-5-7-12(18(21)22)15(10)19-17(20)11-8-13(23-2)16(25-4)14(9-11)24-3/h5-9H,1-4H3,(H,19,20)(H,21,22)/p-1. The lowest BCUT2D eigenvalue weighted by atomic mass is 10.1. The molecule has 0 bridgehead atoms. The van der Waals surface area contributed by atoms with Crippen molar-refractivity contribution in [2.75, 3.05) is 26.6 Å². The van der Waals surface area contributed by atoms with Crippen molar-refractivity contribution in [2.45, 2.75) is 6.92 Å². The van der Waals surface area contributed by atoms with Crippen LogP contribution in [0.4, 0.5) is 5.69 Å². The van der Waals surface area contributed by atoms with Crippen LogP contribution >= 0.6 is 0 Å². The molecule has 25 heavy (non-hydrogen) atoms. The van der Waals surface area contributed by atoms with Gasteiger partial charge in [0.1, 0.15) is 0 Å². The molecule has 0 aliphatic heterocycles. The average Bonchev–Trinajstić information content (AvgIpc) is 2.61. The molecule has 0 saturated heterocycles. The fourth-order valence-electron chi connectivity index (χ4n) is 2.40. The molecule has 0 fully saturated rings. The van der Waals surface area contributed by atoms with Crippen LogP contribution in [-0.2, 0) is 0 Å². The Balaban J connectivity index is 2.45. The molecule has 0 aliphatic rings. The number of anilines is 1. The fourth-order valence-corrected chi connectivity index (χ4v) is 2.40. The monoisotopic (exact) mass is 344 g/mol. The quantitative estimate of drug-likeness (QED) is 0.855. The number of carboxylic acids is 1. The second kappa shape index (κ2) is 7.57. The van der Waals surface area contributed by atoms with Gasteiger partial charge >= 0.3 is 0 Å². The first-order chi connectivity index (χ1) is 11.9. The number of amides is 1. The Morgan fingerprint density at radius 3 is 2.08 bits per heavy atom. The minimum absolute atomic E-state index is 0.0965. The van der Waals surface area contributed by atoms with E-state index >= 15 is 0 Å². The summed E-state index contributed by atoms with van der Waals surface area (Å²) < 4.78 is 15.6. The summed E-state index contributed by atoms with van der Waals surface area (Å²) in [5.41, 5.74) is 0.909. The number of aryl methyl sites for hydroxylation is 1. The normalized spacial score (nSPS) is 10.1. The van der Waals surface area contributed by atoms with E-state index in [0.717, 1.165) is 0 Å². The first-order valence-electron chi connectivity index (χ1n) is 7.35. The minimum atomic E-state index is -1.37. The van der Waals surface area contributed by atoms with E-state index in [9.17, 15) is 14.7 Å². The lowest BCUT2D eigenvalue weighted by molar-refractivity contribution is -0.254. The van der Waals surface area contributed by atoms with Gasteiger partial charge in [0.15, 0.2) is 11.5 Å². The number of aromatic carboxylic acids is 1. The maximum absolute atomic E-state index is 12.6. The number of rotatable bonds is 6. The topological polar surface area (TPSA) is 96.9 Å². The van der Waals surface area contributed by atoms with Crippen molar-refractivity contribution in [1.29, 1.82) is 0 Å². The molecule has 2 aromatic carbocycles. The molecule has 7 nitrogen and oxygen atoms in total. The summed E-state index contributed by atoms with van der Waals surface area (Å²) in [6.07, 6.45) is 0. The van der Waals surface area contributed by atoms with Crippen molar-refractivity contribution in [3.8, 4) is 17.2 Å². The van der Waals surface area contributed by atoms with E-state index in [1.165, 1.54) is 39.5 Å². The summed E-state index contributed by atoms with van der Waals surface area (Å²) >= 11 is 0. The first-order valence-corrected chi connectivity index (χ1v) is 7.35. The van der Waals surface area contributed by atoms with E-state index in [0.29, 0.717) is 22.8 Å². The highest BCUT2D eigenvalue weighted by atomic mass is 16.5. The zero-order valence-corrected chi connectivity index (χ0v) is 14.3. The largest absolute Gasteiger partial charge is 0.545 e. The number of methoxy groups -OCH3 is 3. The average molecular weight is 344 g/mol. The van der Waals surface area contributed by atoms with Crippen LogP contribution in [0.1, 0.15) is 26.3 Å². The van der Waals surface area contributed by atoms with E-state index in [1.54, 1.807) is 19.1 Å². The number of carbonyl (C=O) groups excluding carboxylic acids is 2. The molecular weight excluding hydrogens is 326 g/mol. The van der Waals surface area contributed by atoms with Crippen LogP contribution in [0.3, 0.4) is 0 Å². The molecule has 2 rings (SSSR count). The minimum Gasteiger partial charge on any atom is -0.545 e. The molecule has 0 saturated carbocycles. The van der Waals surface area contributed by atoms with E-state index in [1.807, 2.05) is 0 Å². The highest BCUT2D eigenvalue weighted by Gasteiger charge is 2.18. The van der Waals surface area contributed by atoms with Gasteiger partial charge in [-0.15, -0.1) is 0 Å². The molecule has 1 N–H and O–H groups in total. The highest BCUT2D eigenvalue weighted by molar-refractivity contribution is 6.08. The third-order valence-corrected chi connectivity index (χ3v) is 3.66. The summed E-state index contributed by atoms with van der Waals surface area (Å²) in [5.74, 6) is -0.901. The first kappa shape index (κ1) is 18.1. The number of ether oxygens (including phenoxy) is 3. The number of para-hydroxylation sites is 1. The molecule has 7 heteroatoms. The van der Waals surface area contributed by atoms with Gasteiger partial charge in [-0.1, -0.05) is 18.2 Å². The zero-order chi connectivity index (χ0) is 18.6. The molecule has 2 aromatic rings. The lowest BCUT2D eigenvalue weighted by Gasteiger charge is -2.16. The van der Waals surface area contributed by atoms with E-state index in [-0.39, 0.29) is 16.8 Å². The third-order valence-electron chi connectivity index (χ3n) is 3.66. The number of hydrogen-bond acceptors (Lipinski definition) is 6. The Kier molecular flexibility index (Phi) is 5.49. The molecule has 132 valence electrons. The Hall–Kier alpha value is -3.22. The van der Waals surface area contributed by atoms with Gasteiger partial charge < -0.3 is 29.4 Å². The molecule has 0 aliphatic carbocycles. The van der Waals surface area contributed by atoms with Gasteiger partial charge in [0.25, 0.3) is 5.91 Å². The summed E-state index contributed by atoms with van der Waals surface area (Å²) in [6.45, 7) is 1.69. The summed E-state index contributed by atoms with van der Waals surface area (Å²) in [6, 6.07) is 7.60. The summed E-state index contributed by atoms with van der Waals surface area (Å²) in [7, 11) is 4.34. The Morgan fingerprint density at radius 1 is 1.00 bits per heavy atom. The highest BCUT2D eigenvalue weighted by Crippen LogP contribution is 2.38. The van der Waals surface area contributed by atoms with Crippen molar-refractivity contribution in [1.82, 2.24) is 0 Å². The SMILES string of the molecule is COc1cc(C(=O)Nc2c(C)cccc2C(=O)[O-])cc(OC)c1OC. The maximum atomic E-state index is 12.6. The van der Waals surface area contributed by atoms with Gasteiger partial charge in [-0.05, 0) is 24.6 Å². The van der Waals surface area contributed by atoms with E-state index in [2.05, 4.69) is 5.32 Å². The van der Waals surface area contributed by atoms with Crippen molar-refractivity contribution in [3.05, 3.63) is 47.0 Å². The maximum Gasteiger partial charge on any atom is 0.255 e. The number of carbonyl (C=O) groups is 2. The second-order valence-corrected chi connectivity index (χ2v) is 5.15. The van der Waals surface area contributed by atoms with E-state index in [4.69, 9.17) is 14.2 Å².